The van der Waals surface area contributed by atoms with Crippen molar-refractivity contribution in [2.24, 2.45) is 0 Å². The third-order valence-corrected chi connectivity index (χ3v) is 2.00. The first kappa shape index (κ1) is 10.4. The van der Waals surface area contributed by atoms with Crippen molar-refractivity contribution in [3.05, 3.63) is 0 Å². The number of nitriles is 1. The van der Waals surface area contributed by atoms with E-state index >= 15 is 0 Å². The molecule has 0 amide bonds. The lowest BCUT2D eigenvalue weighted by molar-refractivity contribution is -0.142. The number of alkyl halides is 1. The molecule has 3 nitrogen and oxygen atoms in total. The molecule has 0 fully saturated rings. The minimum Gasteiger partial charge on any atom is -0.464 e. The summed E-state index contributed by atoms with van der Waals surface area (Å²) in [4.78, 5) is 10.8. The van der Waals surface area contributed by atoms with E-state index in [1.54, 1.807) is 6.07 Å². The molecule has 0 aliphatic carbocycles. The molecule has 4 heteroatoms. The summed E-state index contributed by atoms with van der Waals surface area (Å²) < 4.78 is 4.73. The number of hydrogen-bond acceptors (Lipinski definition) is 3. The summed E-state index contributed by atoms with van der Waals surface area (Å²) in [6.07, 6.45) is 0.739. The molecule has 1 atom stereocenters. The SMILES string of the molecule is CCC(Br)COC(=O)CC#N. The normalized spacial score (nSPS) is 11.7. The van der Waals surface area contributed by atoms with E-state index < -0.39 is 5.97 Å². The highest BCUT2D eigenvalue weighted by molar-refractivity contribution is 9.09. The number of esters is 1. The molecule has 11 heavy (non-hydrogen) atoms. The van der Waals surface area contributed by atoms with Gasteiger partial charge in [0.1, 0.15) is 13.0 Å². The highest BCUT2D eigenvalue weighted by Gasteiger charge is 2.05. The molecule has 0 aliphatic heterocycles. The van der Waals surface area contributed by atoms with Crippen LogP contribution in [0.25, 0.3) is 0 Å². The third-order valence-electron chi connectivity index (χ3n) is 1.09. The number of carbonyl (C=O) groups is 1. The van der Waals surface area contributed by atoms with Crippen LogP contribution in [-0.4, -0.2) is 17.4 Å². The smallest absolute Gasteiger partial charge is 0.320 e. The Balaban J connectivity index is 3.39. The van der Waals surface area contributed by atoms with Crippen LogP contribution in [0.5, 0.6) is 0 Å². The maximum absolute atomic E-state index is 10.6. The summed E-state index contributed by atoms with van der Waals surface area (Å²) in [5.41, 5.74) is 0. The van der Waals surface area contributed by atoms with Gasteiger partial charge in [0.05, 0.1) is 6.07 Å². The van der Waals surface area contributed by atoms with Crippen LogP contribution in [0.1, 0.15) is 19.8 Å². The van der Waals surface area contributed by atoms with Crippen LogP contribution in [0.4, 0.5) is 0 Å². The van der Waals surface area contributed by atoms with Crippen molar-refractivity contribution >= 4 is 21.9 Å². The van der Waals surface area contributed by atoms with Gasteiger partial charge in [-0.2, -0.15) is 5.26 Å². The largest absolute Gasteiger partial charge is 0.464 e. The first-order valence-electron chi connectivity index (χ1n) is 3.37. The van der Waals surface area contributed by atoms with Crippen LogP contribution in [0, 0.1) is 11.3 Å². The zero-order valence-electron chi connectivity index (χ0n) is 6.34. The summed E-state index contributed by atoms with van der Waals surface area (Å²) in [5, 5.41) is 8.10. The molecule has 0 rings (SSSR count). The average molecular weight is 220 g/mol. The zero-order valence-corrected chi connectivity index (χ0v) is 7.93. The Morgan fingerprint density at radius 3 is 2.91 bits per heavy atom. The number of ether oxygens (including phenoxy) is 1. The van der Waals surface area contributed by atoms with Crippen LogP contribution < -0.4 is 0 Å². The molecule has 0 saturated carbocycles. The molecule has 0 aromatic carbocycles. The van der Waals surface area contributed by atoms with Crippen LogP contribution in [0.3, 0.4) is 0 Å². The van der Waals surface area contributed by atoms with Gasteiger partial charge in [-0.25, -0.2) is 0 Å². The van der Waals surface area contributed by atoms with Crippen LogP contribution in [0.15, 0.2) is 0 Å². The predicted molar refractivity (Wildman–Crippen MR) is 44.2 cm³/mol. The second-order valence-electron chi connectivity index (χ2n) is 2.02. The van der Waals surface area contributed by atoms with Gasteiger partial charge in [-0.15, -0.1) is 0 Å². The van der Waals surface area contributed by atoms with Gasteiger partial charge < -0.3 is 4.74 Å². The molecular weight excluding hydrogens is 210 g/mol. The quantitative estimate of drug-likeness (QED) is 0.534. The molecule has 0 N–H and O–H groups in total. The fourth-order valence-electron chi connectivity index (χ4n) is 0.417. The van der Waals surface area contributed by atoms with E-state index in [4.69, 9.17) is 10.00 Å². The number of hydrogen-bond donors (Lipinski definition) is 0. The van der Waals surface area contributed by atoms with Crippen LogP contribution >= 0.6 is 15.9 Å². The Labute approximate surface area is 74.5 Å². The molecule has 62 valence electrons. The van der Waals surface area contributed by atoms with Gasteiger partial charge >= 0.3 is 5.97 Å². The predicted octanol–water partition coefficient (Wildman–Crippen LogP) is 1.62. The van der Waals surface area contributed by atoms with Gasteiger partial charge in [-0.3, -0.25) is 4.79 Å². The molecule has 0 heterocycles. The highest BCUT2D eigenvalue weighted by atomic mass is 79.9. The standard InChI is InChI=1S/C7H10BrNO2/c1-2-6(8)5-11-7(10)3-4-9/h6H,2-3,5H2,1H3. The second-order valence-corrected chi connectivity index (χ2v) is 3.32. The monoisotopic (exact) mass is 219 g/mol. The van der Waals surface area contributed by atoms with E-state index in [2.05, 4.69) is 15.9 Å². The average Bonchev–Trinajstić information content (AvgIpc) is 2.01. The van der Waals surface area contributed by atoms with Crippen LogP contribution in [0.2, 0.25) is 0 Å². The Bertz CT molecular complexity index is 164. The van der Waals surface area contributed by atoms with E-state index in [1.807, 2.05) is 6.92 Å². The number of nitrogens with zero attached hydrogens (tertiary/aromatic N) is 1. The Morgan fingerprint density at radius 1 is 1.82 bits per heavy atom. The summed E-state index contributed by atoms with van der Waals surface area (Å²) in [5.74, 6) is -0.453. The van der Waals surface area contributed by atoms with Crippen molar-refractivity contribution in [1.82, 2.24) is 0 Å². The molecule has 0 bridgehead atoms. The maximum Gasteiger partial charge on any atom is 0.320 e. The first-order chi connectivity index (χ1) is 5.20. The number of rotatable bonds is 4. The van der Waals surface area contributed by atoms with Gasteiger partial charge in [0, 0.05) is 4.83 Å². The van der Waals surface area contributed by atoms with Gasteiger partial charge in [-0.1, -0.05) is 22.9 Å². The third kappa shape index (κ3) is 5.86. The Hall–Kier alpha value is -0.560. The fraction of sp³-hybridized carbons (Fsp3) is 0.714. The molecule has 0 aliphatic rings. The van der Waals surface area contributed by atoms with E-state index in [9.17, 15) is 4.79 Å². The van der Waals surface area contributed by atoms with Crippen molar-refractivity contribution in [2.45, 2.75) is 24.6 Å². The summed E-state index contributed by atoms with van der Waals surface area (Å²) in [6.45, 7) is 2.33. The van der Waals surface area contributed by atoms with Gasteiger partial charge in [-0.05, 0) is 6.42 Å². The Kier molecular flexibility index (Phi) is 5.86. The van der Waals surface area contributed by atoms with Crippen molar-refractivity contribution in [1.29, 1.82) is 5.26 Å². The molecule has 0 radical (unpaired) electrons. The molecule has 0 spiro atoms. The topological polar surface area (TPSA) is 50.1 Å². The minimum absolute atomic E-state index is 0.163. The van der Waals surface area contributed by atoms with Gasteiger partial charge in [0.2, 0.25) is 0 Å². The summed E-state index contributed by atoms with van der Waals surface area (Å²) in [7, 11) is 0. The second kappa shape index (κ2) is 6.17. The molecule has 0 saturated heterocycles. The lowest BCUT2D eigenvalue weighted by Gasteiger charge is -2.05. The zero-order chi connectivity index (χ0) is 8.69. The summed E-state index contributed by atoms with van der Waals surface area (Å²) in [6, 6.07) is 1.72. The van der Waals surface area contributed by atoms with Gasteiger partial charge in [0.15, 0.2) is 0 Å². The Morgan fingerprint density at radius 2 is 2.45 bits per heavy atom. The minimum atomic E-state index is -0.453. The van der Waals surface area contributed by atoms with Crippen LogP contribution in [-0.2, 0) is 9.53 Å². The molecule has 0 aromatic rings. The van der Waals surface area contributed by atoms with Crippen molar-refractivity contribution in [2.75, 3.05) is 6.61 Å². The summed E-state index contributed by atoms with van der Waals surface area (Å²) >= 11 is 3.30. The highest BCUT2D eigenvalue weighted by Crippen LogP contribution is 2.04. The lowest BCUT2D eigenvalue weighted by Crippen LogP contribution is -2.12. The van der Waals surface area contributed by atoms with E-state index in [0.29, 0.717) is 6.61 Å². The first-order valence-corrected chi connectivity index (χ1v) is 4.29. The van der Waals surface area contributed by atoms with Crippen molar-refractivity contribution in [3.63, 3.8) is 0 Å². The number of carbonyl (C=O) groups excluding carboxylic acids is 1. The number of halogens is 1. The molecule has 1 unspecified atom stereocenters. The van der Waals surface area contributed by atoms with E-state index in [-0.39, 0.29) is 11.2 Å². The van der Waals surface area contributed by atoms with Crippen molar-refractivity contribution < 1.29 is 9.53 Å². The molecular formula is C7H10BrNO2. The molecule has 0 aromatic heterocycles. The van der Waals surface area contributed by atoms with E-state index in [0.717, 1.165) is 6.42 Å². The fourth-order valence-corrected chi connectivity index (χ4v) is 0.549. The van der Waals surface area contributed by atoms with Gasteiger partial charge in [0.25, 0.3) is 0 Å². The van der Waals surface area contributed by atoms with E-state index in [1.165, 1.54) is 0 Å². The van der Waals surface area contributed by atoms with Crippen molar-refractivity contribution in [3.8, 4) is 6.07 Å². The maximum atomic E-state index is 10.6. The lowest BCUT2D eigenvalue weighted by atomic mass is 10.3.